The Morgan fingerprint density at radius 3 is 0.902 bits per heavy atom. The Balaban J connectivity index is 0.000000130. The standard InChI is InChI=1S/C47H31N3S.C32H31BO2.C21H12ClN3S/c1-5-16-32(17-6-1)43(33-18-7-2-8-19-33)44(34-20-9-3-10-21-34)36-24-15-25-37(30-36)46-48-45(35-22-11-4-12-23-35)49-47(50-46)38-28-29-40-39-26-13-14-27-41(39)51-42(40)31-38;1-31(2)32(3,4)35-33(34-31)28-22-14-21-27(23-28)30(26-19-12-7-13-20-26)29(24-15-8-5-9-16-24)25-17-10-6-11-18-25;22-21-24-19(13-6-2-1-3-7-13)23-20(25-21)14-10-11-16-15-8-4-5-9-17(15)26-18(16)12-14/h1-31H;5-23H,1-4H3;1-12H. The first kappa shape index (κ1) is 72.2. The van der Waals surface area contributed by atoms with Gasteiger partial charge in [0.05, 0.1) is 11.2 Å². The van der Waals surface area contributed by atoms with Crippen LogP contribution in [0.1, 0.15) is 72.2 Å². The summed E-state index contributed by atoms with van der Waals surface area (Å²) < 4.78 is 17.7. The van der Waals surface area contributed by atoms with Crippen molar-refractivity contribution >= 4 is 109 Å². The molecule has 14 aromatic carbocycles. The molecule has 0 saturated carbocycles. The third kappa shape index (κ3) is 15.4. The van der Waals surface area contributed by atoms with Gasteiger partial charge in [-0.05, 0) is 142 Å². The number of aromatic nitrogens is 6. The Labute approximate surface area is 665 Å². The van der Waals surface area contributed by atoms with E-state index in [-0.39, 0.29) is 16.5 Å². The Kier molecular flexibility index (Phi) is 20.7. The van der Waals surface area contributed by atoms with Gasteiger partial charge in [-0.15, -0.1) is 22.7 Å². The molecule has 19 rings (SSSR count). The van der Waals surface area contributed by atoms with Gasteiger partial charge in [0.15, 0.2) is 29.1 Å². The number of hydrogen-bond acceptors (Lipinski definition) is 10. The summed E-state index contributed by atoms with van der Waals surface area (Å²) in [6, 6.07) is 131. The average molecular weight is 1500 g/mol. The van der Waals surface area contributed by atoms with Gasteiger partial charge < -0.3 is 9.31 Å². The van der Waals surface area contributed by atoms with Gasteiger partial charge in [0.1, 0.15) is 0 Å². The highest BCUT2D eigenvalue weighted by Crippen LogP contribution is 2.43. The van der Waals surface area contributed by atoms with Crippen molar-refractivity contribution in [2.45, 2.75) is 38.9 Å². The van der Waals surface area contributed by atoms with E-state index >= 15 is 0 Å². The largest absolute Gasteiger partial charge is 0.494 e. The number of rotatable bonds is 14. The van der Waals surface area contributed by atoms with E-state index in [0.717, 1.165) is 72.2 Å². The SMILES string of the molecule is CC1(C)OB(c2cccc(C(=C(c3ccccc3)c3ccccc3)c3ccccc3)c2)OC1(C)C.Clc1nc(-c2ccccc2)nc(-c2ccc3c(c2)sc2ccccc23)n1.c1ccc(C(=C(c2ccccc2)c2cccc(-c3nc(-c4ccccc4)nc(-c4ccc5c(c4)sc4ccccc45)n3)c2)c2ccccc2)cc1. The van der Waals surface area contributed by atoms with Crippen LogP contribution in [0.15, 0.2) is 376 Å². The second-order valence-corrected chi connectivity index (χ2v) is 30.9. The number of hydrogen-bond donors (Lipinski definition) is 0. The molecule has 12 heteroatoms. The lowest BCUT2D eigenvalue weighted by Crippen LogP contribution is -2.41. The molecule has 1 aliphatic heterocycles. The van der Waals surface area contributed by atoms with Crippen LogP contribution in [0.2, 0.25) is 5.28 Å². The molecule has 0 aliphatic carbocycles. The lowest BCUT2D eigenvalue weighted by Gasteiger charge is -2.32. The van der Waals surface area contributed by atoms with Crippen LogP contribution in [-0.4, -0.2) is 48.2 Å². The summed E-state index contributed by atoms with van der Waals surface area (Å²) in [6.45, 7) is 8.37. The van der Waals surface area contributed by atoms with Crippen molar-refractivity contribution in [3.8, 4) is 56.9 Å². The molecule has 1 fully saturated rings. The first-order chi connectivity index (χ1) is 54.9. The molecule has 0 atom stereocenters. The van der Waals surface area contributed by atoms with E-state index in [1.54, 1.807) is 22.7 Å². The molecule has 0 spiro atoms. The van der Waals surface area contributed by atoms with E-state index in [9.17, 15) is 0 Å². The van der Waals surface area contributed by atoms with Crippen LogP contribution in [0, 0.1) is 0 Å². The minimum Gasteiger partial charge on any atom is -0.399 e. The van der Waals surface area contributed by atoms with E-state index in [2.05, 4.69) is 364 Å². The van der Waals surface area contributed by atoms with E-state index < -0.39 is 7.12 Å². The van der Waals surface area contributed by atoms with Crippen molar-refractivity contribution in [1.82, 2.24) is 29.9 Å². The highest BCUT2D eigenvalue weighted by Gasteiger charge is 2.52. The topological polar surface area (TPSA) is 95.8 Å². The normalized spacial score (nSPS) is 12.7. The van der Waals surface area contributed by atoms with Gasteiger partial charge in [-0.1, -0.05) is 346 Å². The third-order valence-electron chi connectivity index (χ3n) is 20.6. The quantitative estimate of drug-likeness (QED) is 0.0785. The molecule has 112 heavy (non-hydrogen) atoms. The smallest absolute Gasteiger partial charge is 0.399 e. The number of halogens is 1. The third-order valence-corrected chi connectivity index (χ3v) is 23.0. The van der Waals surface area contributed by atoms with Gasteiger partial charge in [0.25, 0.3) is 0 Å². The first-order valence-electron chi connectivity index (χ1n) is 37.4. The van der Waals surface area contributed by atoms with Crippen LogP contribution in [-0.2, 0) is 9.31 Å². The fourth-order valence-corrected chi connectivity index (χ4v) is 16.8. The second-order valence-electron chi connectivity index (χ2n) is 28.4. The molecule has 8 nitrogen and oxygen atoms in total. The number of thiophene rings is 2. The zero-order valence-electron chi connectivity index (χ0n) is 62.1. The van der Waals surface area contributed by atoms with E-state index in [4.69, 9.17) is 35.9 Å². The van der Waals surface area contributed by atoms with E-state index in [1.165, 1.54) is 68.2 Å². The fraction of sp³-hybridized carbons (Fsp3) is 0.0600. The van der Waals surface area contributed by atoms with Crippen LogP contribution in [0.3, 0.4) is 0 Å². The van der Waals surface area contributed by atoms with Crippen LogP contribution in [0.4, 0.5) is 0 Å². The van der Waals surface area contributed by atoms with Crippen molar-refractivity contribution in [2.75, 3.05) is 0 Å². The summed E-state index contributed by atoms with van der Waals surface area (Å²) in [4.78, 5) is 28.5. The van der Waals surface area contributed by atoms with E-state index in [1.807, 2.05) is 54.6 Å². The van der Waals surface area contributed by atoms with Gasteiger partial charge in [-0.3, -0.25) is 0 Å². The minimum atomic E-state index is -0.408. The minimum absolute atomic E-state index is 0.199. The molecule has 0 unspecified atom stereocenters. The summed E-state index contributed by atoms with van der Waals surface area (Å²) >= 11 is 9.74. The molecule has 1 aliphatic rings. The van der Waals surface area contributed by atoms with Crippen LogP contribution in [0.25, 0.3) is 120 Å². The first-order valence-corrected chi connectivity index (χ1v) is 39.4. The number of benzene rings is 14. The highest BCUT2D eigenvalue weighted by atomic mass is 35.5. The predicted molar refractivity (Wildman–Crippen MR) is 468 cm³/mol. The van der Waals surface area contributed by atoms with Gasteiger partial charge in [0.2, 0.25) is 5.28 Å². The molecule has 0 N–H and O–H groups in total. The molecule has 1 saturated heterocycles. The van der Waals surface area contributed by atoms with Crippen molar-refractivity contribution in [3.05, 3.63) is 426 Å². The molecule has 538 valence electrons. The summed E-state index contributed by atoms with van der Waals surface area (Å²) in [7, 11) is -0.408. The molecule has 0 amide bonds. The van der Waals surface area contributed by atoms with Crippen molar-refractivity contribution in [1.29, 1.82) is 0 Å². The Morgan fingerprint density at radius 1 is 0.250 bits per heavy atom. The van der Waals surface area contributed by atoms with E-state index in [0.29, 0.717) is 29.1 Å². The lowest BCUT2D eigenvalue weighted by atomic mass is 9.76. The van der Waals surface area contributed by atoms with Gasteiger partial charge >= 0.3 is 7.12 Å². The zero-order valence-corrected chi connectivity index (χ0v) is 64.5. The zero-order chi connectivity index (χ0) is 76.0. The molecule has 5 heterocycles. The van der Waals surface area contributed by atoms with Gasteiger partial charge in [-0.2, -0.15) is 9.97 Å². The average Bonchev–Trinajstić information content (AvgIpc) is 1.17. The Morgan fingerprint density at radius 2 is 0.518 bits per heavy atom. The molecule has 4 aromatic heterocycles. The maximum Gasteiger partial charge on any atom is 0.494 e. The summed E-state index contributed by atoms with van der Waals surface area (Å²) in [5.41, 5.74) is 18.8. The number of fused-ring (bicyclic) bond motifs is 6. The molecule has 0 radical (unpaired) electrons. The maximum absolute atomic E-state index is 6.38. The highest BCUT2D eigenvalue weighted by molar-refractivity contribution is 7.26. The fourth-order valence-electron chi connectivity index (χ4n) is 14.4. The monoisotopic (exact) mass is 1500 g/mol. The van der Waals surface area contributed by atoms with Gasteiger partial charge in [-0.25, -0.2) is 19.9 Å². The predicted octanol–water partition coefficient (Wildman–Crippen LogP) is 25.5. The molecule has 0 bridgehead atoms. The molecular weight excluding hydrogens is 1430 g/mol. The van der Waals surface area contributed by atoms with Crippen LogP contribution >= 0.6 is 34.3 Å². The summed E-state index contributed by atoms with van der Waals surface area (Å²) in [6.07, 6.45) is 0. The second kappa shape index (κ2) is 32.1. The van der Waals surface area contributed by atoms with Crippen LogP contribution < -0.4 is 5.46 Å². The van der Waals surface area contributed by atoms with Crippen LogP contribution in [0.5, 0.6) is 0 Å². The summed E-state index contributed by atoms with van der Waals surface area (Å²) in [5, 5.41) is 5.24. The van der Waals surface area contributed by atoms with Gasteiger partial charge in [0, 0.05) is 68.2 Å². The lowest BCUT2D eigenvalue weighted by molar-refractivity contribution is 0.00578. The molecule has 18 aromatic rings. The van der Waals surface area contributed by atoms with Crippen molar-refractivity contribution in [2.24, 2.45) is 0 Å². The number of nitrogens with zero attached hydrogens (tertiary/aromatic N) is 6. The molecular formula is C100H74BClN6O2S2. The summed E-state index contributed by atoms with van der Waals surface area (Å²) in [5.74, 6) is 3.09. The Hall–Kier alpha value is -12.7. The maximum atomic E-state index is 6.38. The van der Waals surface area contributed by atoms with Crippen molar-refractivity contribution < 1.29 is 9.31 Å². The van der Waals surface area contributed by atoms with Crippen molar-refractivity contribution in [3.63, 3.8) is 0 Å². The Bertz CT molecular complexity index is 6350.